The van der Waals surface area contributed by atoms with Crippen molar-refractivity contribution in [2.24, 2.45) is 0 Å². The number of hydrogen-bond acceptors (Lipinski definition) is 7. The molecule has 12 nitrogen and oxygen atoms in total. The molecule has 0 spiro atoms. The number of carbonyl (C=O) groups excluding carboxylic acids is 2. The minimum Gasteiger partial charge on any atom is -0.481 e. The van der Waals surface area contributed by atoms with Gasteiger partial charge in [0.2, 0.25) is 5.91 Å². The van der Waals surface area contributed by atoms with E-state index in [4.69, 9.17) is 14.9 Å². The minimum atomic E-state index is -1.69. The second-order valence-electron chi connectivity index (χ2n) is 6.89. The van der Waals surface area contributed by atoms with Gasteiger partial charge in [-0.2, -0.15) is 0 Å². The number of carboxylic acids is 2. The Morgan fingerprint density at radius 2 is 1.78 bits per heavy atom. The van der Waals surface area contributed by atoms with Crippen molar-refractivity contribution in [2.75, 3.05) is 5.32 Å². The van der Waals surface area contributed by atoms with Crippen molar-refractivity contribution in [1.82, 2.24) is 14.9 Å². The molecule has 0 fully saturated rings. The Hall–Kier alpha value is -4.22. The Balaban J connectivity index is 2.40. The molecule has 0 aliphatic carbocycles. The Labute approximate surface area is 181 Å². The number of amides is 2. The number of nitrogens with one attached hydrogen (secondary N) is 2. The van der Waals surface area contributed by atoms with Gasteiger partial charge in [-0.05, 0) is 13.8 Å². The molecule has 0 unspecified atom stereocenters. The zero-order chi connectivity index (χ0) is 23.8. The van der Waals surface area contributed by atoms with E-state index >= 15 is 0 Å². The Kier molecular flexibility index (Phi) is 8.04. The van der Waals surface area contributed by atoms with E-state index in [1.54, 1.807) is 44.2 Å². The molecule has 12 heteroatoms. The third kappa shape index (κ3) is 6.65. The van der Waals surface area contributed by atoms with Crippen LogP contribution in [0.2, 0.25) is 0 Å². The van der Waals surface area contributed by atoms with Crippen molar-refractivity contribution < 1.29 is 34.1 Å². The number of hydrogen-bond donors (Lipinski definition) is 4. The lowest BCUT2D eigenvalue weighted by Crippen LogP contribution is -2.44. The SMILES string of the molecule is CC(C)OC(=O)Nc1cnc(-c2ccccc2)n(CC(=O)N[C@@H](CC(=O)O)C(=O)O)c1=O. The summed E-state index contributed by atoms with van der Waals surface area (Å²) in [5.41, 5.74) is -0.572. The van der Waals surface area contributed by atoms with Crippen molar-refractivity contribution >= 4 is 29.6 Å². The van der Waals surface area contributed by atoms with Crippen LogP contribution in [0.15, 0.2) is 41.3 Å². The molecule has 0 bridgehead atoms. The first kappa shape index (κ1) is 24.1. The quantitative estimate of drug-likeness (QED) is 0.436. The lowest BCUT2D eigenvalue weighted by atomic mass is 10.2. The molecule has 1 aromatic heterocycles. The van der Waals surface area contributed by atoms with Gasteiger partial charge >= 0.3 is 18.0 Å². The van der Waals surface area contributed by atoms with Crippen LogP contribution in [0.3, 0.4) is 0 Å². The van der Waals surface area contributed by atoms with Crippen LogP contribution in [0.25, 0.3) is 11.4 Å². The molecule has 2 rings (SSSR count). The highest BCUT2D eigenvalue weighted by Gasteiger charge is 2.24. The van der Waals surface area contributed by atoms with E-state index in [2.05, 4.69) is 15.6 Å². The van der Waals surface area contributed by atoms with E-state index in [1.807, 2.05) is 0 Å². The third-order valence-electron chi connectivity index (χ3n) is 3.97. The van der Waals surface area contributed by atoms with E-state index in [0.717, 1.165) is 10.8 Å². The molecular formula is C20H22N4O8. The summed E-state index contributed by atoms with van der Waals surface area (Å²) >= 11 is 0. The van der Waals surface area contributed by atoms with Crippen molar-refractivity contribution in [1.29, 1.82) is 0 Å². The predicted octanol–water partition coefficient (Wildman–Crippen LogP) is 0.911. The predicted molar refractivity (Wildman–Crippen MR) is 111 cm³/mol. The lowest BCUT2D eigenvalue weighted by molar-refractivity contribution is -0.147. The zero-order valence-corrected chi connectivity index (χ0v) is 17.3. The number of aromatic nitrogens is 2. The van der Waals surface area contributed by atoms with Crippen LogP contribution in [0.4, 0.5) is 10.5 Å². The fourth-order valence-corrected chi connectivity index (χ4v) is 2.65. The standard InChI is InChI=1S/C20H22N4O8/c1-11(2)32-20(31)23-14-9-21-17(12-6-4-3-5-7-12)24(18(14)28)10-15(25)22-13(19(29)30)8-16(26)27/h3-7,9,11,13H,8,10H2,1-2H3,(H,22,25)(H,23,31)(H,26,27)(H,29,30)/t13-/m0/s1. The first-order valence-corrected chi connectivity index (χ1v) is 9.45. The molecule has 1 atom stereocenters. The molecule has 2 amide bonds. The number of ether oxygens (including phenoxy) is 1. The fraction of sp³-hybridized carbons (Fsp3) is 0.300. The first-order valence-electron chi connectivity index (χ1n) is 9.45. The molecule has 2 aromatic rings. The number of benzene rings is 1. The smallest absolute Gasteiger partial charge is 0.412 e. The minimum absolute atomic E-state index is 0.0821. The van der Waals surface area contributed by atoms with Gasteiger partial charge in [0, 0.05) is 5.56 Å². The summed E-state index contributed by atoms with van der Waals surface area (Å²) in [6.45, 7) is 2.57. The maximum Gasteiger partial charge on any atom is 0.412 e. The second-order valence-corrected chi connectivity index (χ2v) is 6.89. The summed E-state index contributed by atoms with van der Waals surface area (Å²) in [6.07, 6.45) is -1.07. The Morgan fingerprint density at radius 1 is 1.12 bits per heavy atom. The second kappa shape index (κ2) is 10.7. The van der Waals surface area contributed by atoms with Gasteiger partial charge in [0.25, 0.3) is 5.56 Å². The van der Waals surface area contributed by atoms with Gasteiger partial charge in [0.05, 0.1) is 18.7 Å². The lowest BCUT2D eigenvalue weighted by Gasteiger charge is -2.16. The molecule has 0 saturated heterocycles. The van der Waals surface area contributed by atoms with Crippen molar-refractivity contribution in [3.05, 3.63) is 46.9 Å². The van der Waals surface area contributed by atoms with Crippen molar-refractivity contribution in [3.63, 3.8) is 0 Å². The molecule has 0 aliphatic rings. The summed E-state index contributed by atoms with van der Waals surface area (Å²) < 4.78 is 5.87. The molecule has 1 aromatic carbocycles. The van der Waals surface area contributed by atoms with Gasteiger partial charge in [-0.1, -0.05) is 30.3 Å². The van der Waals surface area contributed by atoms with Gasteiger partial charge in [-0.15, -0.1) is 0 Å². The van der Waals surface area contributed by atoms with E-state index in [9.17, 15) is 24.0 Å². The van der Waals surface area contributed by atoms with Crippen LogP contribution in [0, 0.1) is 0 Å². The number of aliphatic carboxylic acids is 2. The third-order valence-corrected chi connectivity index (χ3v) is 3.97. The molecule has 170 valence electrons. The van der Waals surface area contributed by atoms with E-state index < -0.39 is 54.6 Å². The monoisotopic (exact) mass is 446 g/mol. The zero-order valence-electron chi connectivity index (χ0n) is 17.3. The van der Waals surface area contributed by atoms with Crippen LogP contribution in [-0.2, 0) is 25.7 Å². The highest BCUT2D eigenvalue weighted by atomic mass is 16.6. The van der Waals surface area contributed by atoms with Crippen LogP contribution in [0.5, 0.6) is 0 Å². The average Bonchev–Trinajstić information content (AvgIpc) is 2.70. The highest BCUT2D eigenvalue weighted by molar-refractivity contribution is 5.87. The molecule has 1 heterocycles. The molecular weight excluding hydrogens is 424 g/mol. The van der Waals surface area contributed by atoms with Gasteiger partial charge in [-0.3, -0.25) is 24.3 Å². The van der Waals surface area contributed by atoms with Gasteiger partial charge in [-0.25, -0.2) is 14.6 Å². The summed E-state index contributed by atoms with van der Waals surface area (Å²) in [5.74, 6) is -3.81. The number of anilines is 1. The topological polar surface area (TPSA) is 177 Å². The summed E-state index contributed by atoms with van der Waals surface area (Å²) in [7, 11) is 0. The largest absolute Gasteiger partial charge is 0.481 e. The number of nitrogens with zero attached hydrogens (tertiary/aromatic N) is 2. The Bertz CT molecular complexity index is 1070. The summed E-state index contributed by atoms with van der Waals surface area (Å²) in [4.78, 5) is 63.5. The van der Waals surface area contributed by atoms with Crippen LogP contribution in [-0.4, -0.2) is 55.8 Å². The maximum atomic E-state index is 13.0. The highest BCUT2D eigenvalue weighted by Crippen LogP contribution is 2.16. The number of carboxylic acid groups (broad SMARTS) is 2. The van der Waals surface area contributed by atoms with Gasteiger partial charge in [0.1, 0.15) is 24.1 Å². The number of rotatable bonds is 9. The van der Waals surface area contributed by atoms with Crippen molar-refractivity contribution in [3.8, 4) is 11.4 Å². The molecule has 0 radical (unpaired) electrons. The van der Waals surface area contributed by atoms with Gasteiger partial charge in [0.15, 0.2) is 0 Å². The van der Waals surface area contributed by atoms with Crippen LogP contribution >= 0.6 is 0 Å². The molecule has 0 saturated carbocycles. The van der Waals surface area contributed by atoms with Crippen molar-refractivity contribution in [2.45, 2.75) is 39.0 Å². The average molecular weight is 446 g/mol. The Morgan fingerprint density at radius 3 is 2.34 bits per heavy atom. The molecule has 32 heavy (non-hydrogen) atoms. The van der Waals surface area contributed by atoms with Crippen LogP contribution in [0.1, 0.15) is 20.3 Å². The summed E-state index contributed by atoms with van der Waals surface area (Å²) in [5, 5.41) is 22.3. The fourth-order valence-electron chi connectivity index (χ4n) is 2.65. The first-order chi connectivity index (χ1) is 15.1. The maximum absolute atomic E-state index is 13.0. The van der Waals surface area contributed by atoms with E-state index in [1.165, 1.54) is 0 Å². The van der Waals surface area contributed by atoms with Crippen LogP contribution < -0.4 is 16.2 Å². The molecule has 0 aliphatic heterocycles. The van der Waals surface area contributed by atoms with E-state index in [0.29, 0.717) is 5.56 Å². The summed E-state index contributed by atoms with van der Waals surface area (Å²) in [6, 6.07) is 6.70. The van der Waals surface area contributed by atoms with E-state index in [-0.39, 0.29) is 11.5 Å². The number of carbonyl (C=O) groups is 4. The van der Waals surface area contributed by atoms with Gasteiger partial charge < -0.3 is 20.3 Å². The normalized spacial score (nSPS) is 11.5. The molecule has 4 N–H and O–H groups in total.